The van der Waals surface area contributed by atoms with E-state index in [2.05, 4.69) is 25.6 Å². The van der Waals surface area contributed by atoms with Crippen molar-refractivity contribution in [2.75, 3.05) is 30.4 Å². The van der Waals surface area contributed by atoms with Crippen LogP contribution >= 0.6 is 11.3 Å². The number of imide groups is 1. The molecule has 172 valence electrons. The van der Waals surface area contributed by atoms with Crippen molar-refractivity contribution in [1.29, 1.82) is 0 Å². The van der Waals surface area contributed by atoms with E-state index in [1.807, 2.05) is 0 Å². The van der Waals surface area contributed by atoms with Gasteiger partial charge in [-0.25, -0.2) is 28.5 Å². The topological polar surface area (TPSA) is 103 Å². The first-order valence-corrected chi connectivity index (χ1v) is 10.8. The molecule has 1 saturated heterocycles. The number of benzene rings is 1. The van der Waals surface area contributed by atoms with E-state index in [1.54, 1.807) is 37.9 Å². The molecule has 2 aromatic heterocycles. The lowest BCUT2D eigenvalue weighted by molar-refractivity contribution is -0.130. The zero-order valence-corrected chi connectivity index (χ0v) is 18.9. The van der Waals surface area contributed by atoms with Crippen LogP contribution in [0.3, 0.4) is 0 Å². The Labute approximate surface area is 192 Å². The fourth-order valence-corrected chi connectivity index (χ4v) is 4.12. The van der Waals surface area contributed by atoms with Crippen molar-refractivity contribution in [2.24, 2.45) is 0 Å². The number of nitrogens with one attached hydrogen (secondary N) is 2. The van der Waals surface area contributed by atoms with Crippen molar-refractivity contribution in [2.45, 2.75) is 19.4 Å². The summed E-state index contributed by atoms with van der Waals surface area (Å²) in [5.41, 5.74) is -0.145. The Morgan fingerprint density at radius 1 is 1.15 bits per heavy atom. The second-order valence-electron chi connectivity index (χ2n) is 7.87. The van der Waals surface area contributed by atoms with Crippen molar-refractivity contribution in [3.63, 3.8) is 0 Å². The Hall–Kier alpha value is -3.67. The number of aromatic nitrogens is 3. The van der Waals surface area contributed by atoms with Crippen molar-refractivity contribution >= 4 is 40.0 Å². The van der Waals surface area contributed by atoms with Crippen LogP contribution in [-0.4, -0.2) is 57.5 Å². The summed E-state index contributed by atoms with van der Waals surface area (Å²) in [5.74, 6) is -1.12. The van der Waals surface area contributed by atoms with Gasteiger partial charge in [0.15, 0.2) is 10.9 Å². The zero-order valence-electron chi connectivity index (χ0n) is 18.1. The molecule has 0 atom stereocenters. The lowest BCUT2D eigenvalue weighted by Gasteiger charge is -2.16. The van der Waals surface area contributed by atoms with Crippen LogP contribution in [0.4, 0.5) is 30.3 Å². The van der Waals surface area contributed by atoms with Crippen LogP contribution in [0, 0.1) is 11.6 Å². The summed E-state index contributed by atoms with van der Waals surface area (Å²) < 4.78 is 27.6. The number of urea groups is 1. The molecule has 0 unspecified atom stereocenters. The van der Waals surface area contributed by atoms with E-state index < -0.39 is 17.4 Å². The number of hydrogen-bond donors (Lipinski definition) is 2. The van der Waals surface area contributed by atoms with Crippen LogP contribution in [0.2, 0.25) is 0 Å². The molecule has 3 amide bonds. The van der Waals surface area contributed by atoms with Crippen LogP contribution in [0.15, 0.2) is 36.7 Å². The van der Waals surface area contributed by atoms with Gasteiger partial charge in [-0.15, -0.1) is 0 Å². The molecule has 0 radical (unpaired) electrons. The maximum atomic E-state index is 14.5. The summed E-state index contributed by atoms with van der Waals surface area (Å²) in [6.45, 7) is 3.57. The summed E-state index contributed by atoms with van der Waals surface area (Å²) in [6.07, 6.45) is 2.55. The Kier molecular flexibility index (Phi) is 5.93. The predicted molar refractivity (Wildman–Crippen MR) is 120 cm³/mol. The van der Waals surface area contributed by atoms with E-state index in [1.165, 1.54) is 29.7 Å². The highest BCUT2D eigenvalue weighted by atomic mass is 32.1. The number of anilines is 3. The lowest BCUT2D eigenvalue weighted by Crippen LogP contribution is -2.40. The van der Waals surface area contributed by atoms with Crippen molar-refractivity contribution < 1.29 is 18.4 Å². The van der Waals surface area contributed by atoms with Gasteiger partial charge in [0.25, 0.3) is 5.91 Å². The minimum absolute atomic E-state index is 0.0693. The molecule has 0 aliphatic carbocycles. The second kappa shape index (κ2) is 8.70. The Bertz CT molecular complexity index is 1200. The second-order valence-corrected chi connectivity index (χ2v) is 8.88. The molecule has 12 heteroatoms. The zero-order chi connectivity index (χ0) is 23.8. The summed E-state index contributed by atoms with van der Waals surface area (Å²) >= 11 is 1.22. The molecule has 3 heterocycles. The molecule has 1 aliphatic heterocycles. The number of carbonyl (C=O) groups excluding carboxylic acids is 2. The summed E-state index contributed by atoms with van der Waals surface area (Å²) in [4.78, 5) is 40.0. The largest absolute Gasteiger partial charge is 0.352 e. The first kappa shape index (κ1) is 22.5. The van der Waals surface area contributed by atoms with Crippen LogP contribution in [0.5, 0.6) is 0 Å². The molecule has 0 spiro atoms. The summed E-state index contributed by atoms with van der Waals surface area (Å²) in [5, 5.41) is 6.09. The average molecular weight is 474 g/mol. The van der Waals surface area contributed by atoms with E-state index >= 15 is 0 Å². The minimum Gasteiger partial charge on any atom is -0.352 e. The fourth-order valence-electron chi connectivity index (χ4n) is 3.23. The highest BCUT2D eigenvalue weighted by molar-refractivity contribution is 7.18. The molecular weight excluding hydrogens is 452 g/mol. The summed E-state index contributed by atoms with van der Waals surface area (Å²) in [7, 11) is 1.77. The molecule has 9 nitrogen and oxygen atoms in total. The normalized spacial score (nSPS) is 15.0. The molecule has 1 fully saturated rings. The fraction of sp³-hybridized carbons (Fsp3) is 0.286. The van der Waals surface area contributed by atoms with E-state index in [0.29, 0.717) is 10.0 Å². The first-order chi connectivity index (χ1) is 15.7. The SMILES string of the molecule is CN(c1ccc(F)cc1)c1ncc(-c2nc(NCCN3C(=O)NC(C)(C)C3=O)ncc2F)s1. The third kappa shape index (κ3) is 4.60. The number of rotatable bonds is 7. The highest BCUT2D eigenvalue weighted by Gasteiger charge is 2.43. The monoisotopic (exact) mass is 473 g/mol. The van der Waals surface area contributed by atoms with E-state index in [0.717, 1.165) is 16.8 Å². The van der Waals surface area contributed by atoms with Gasteiger partial charge in [0.05, 0.1) is 11.1 Å². The average Bonchev–Trinajstić information content (AvgIpc) is 3.33. The Morgan fingerprint density at radius 2 is 1.88 bits per heavy atom. The maximum Gasteiger partial charge on any atom is 0.325 e. The number of thiazole rings is 1. The molecule has 1 aromatic carbocycles. The van der Waals surface area contributed by atoms with Gasteiger partial charge in [0.1, 0.15) is 17.1 Å². The van der Waals surface area contributed by atoms with Crippen LogP contribution in [0.1, 0.15) is 13.8 Å². The molecule has 4 rings (SSSR count). The van der Waals surface area contributed by atoms with Gasteiger partial charge in [-0.3, -0.25) is 9.69 Å². The molecule has 2 N–H and O–H groups in total. The smallest absolute Gasteiger partial charge is 0.325 e. The van der Waals surface area contributed by atoms with Gasteiger partial charge in [-0.1, -0.05) is 11.3 Å². The van der Waals surface area contributed by atoms with Gasteiger partial charge in [0, 0.05) is 32.0 Å². The van der Waals surface area contributed by atoms with Crippen LogP contribution in [-0.2, 0) is 4.79 Å². The van der Waals surface area contributed by atoms with Gasteiger partial charge >= 0.3 is 6.03 Å². The maximum absolute atomic E-state index is 14.5. The van der Waals surface area contributed by atoms with Gasteiger partial charge in [-0.2, -0.15) is 0 Å². The highest BCUT2D eigenvalue weighted by Crippen LogP contribution is 2.34. The summed E-state index contributed by atoms with van der Waals surface area (Å²) in [6, 6.07) is 5.48. The quantitative estimate of drug-likeness (QED) is 0.507. The molecule has 3 aromatic rings. The standard InChI is InChI=1S/C21H21F2N7O2S/c1-21(2)17(31)30(19(32)28-21)9-8-24-18-25-10-14(23)16(27-18)15-11-26-20(33-15)29(3)13-6-4-12(22)5-7-13/h4-7,10-11H,8-9H2,1-3H3,(H,28,32)(H,24,25,27). The number of amides is 3. The first-order valence-electron chi connectivity index (χ1n) is 10.0. The van der Waals surface area contributed by atoms with E-state index in [9.17, 15) is 18.4 Å². The molecule has 0 saturated carbocycles. The number of hydrogen-bond acceptors (Lipinski definition) is 8. The van der Waals surface area contributed by atoms with Crippen molar-refractivity contribution in [1.82, 2.24) is 25.2 Å². The number of carbonyl (C=O) groups is 2. The minimum atomic E-state index is -0.943. The van der Waals surface area contributed by atoms with E-state index in [-0.39, 0.29) is 36.5 Å². The Morgan fingerprint density at radius 3 is 2.55 bits per heavy atom. The van der Waals surface area contributed by atoms with Gasteiger partial charge in [-0.05, 0) is 38.1 Å². The molecular formula is C21H21F2N7O2S. The van der Waals surface area contributed by atoms with Gasteiger partial charge < -0.3 is 15.5 Å². The molecule has 33 heavy (non-hydrogen) atoms. The van der Waals surface area contributed by atoms with Crippen LogP contribution in [0.25, 0.3) is 10.6 Å². The molecule has 0 bridgehead atoms. The van der Waals surface area contributed by atoms with E-state index in [4.69, 9.17) is 0 Å². The predicted octanol–water partition coefficient (Wildman–Crippen LogP) is 3.39. The third-order valence-electron chi connectivity index (χ3n) is 5.03. The third-order valence-corrected chi connectivity index (χ3v) is 6.12. The number of halogens is 2. The van der Waals surface area contributed by atoms with Crippen molar-refractivity contribution in [3.05, 3.63) is 48.3 Å². The van der Waals surface area contributed by atoms with Crippen molar-refractivity contribution in [3.8, 4) is 10.6 Å². The number of nitrogens with zero attached hydrogens (tertiary/aromatic N) is 5. The van der Waals surface area contributed by atoms with Crippen LogP contribution < -0.4 is 15.5 Å². The lowest BCUT2D eigenvalue weighted by atomic mass is 10.1. The Balaban J connectivity index is 1.45. The molecule has 1 aliphatic rings. The van der Waals surface area contributed by atoms with Gasteiger partial charge in [0.2, 0.25) is 5.95 Å².